The van der Waals surface area contributed by atoms with Crippen molar-refractivity contribution in [3.8, 4) is 0 Å². The van der Waals surface area contributed by atoms with Crippen LogP contribution < -0.4 is 16.4 Å². The highest BCUT2D eigenvalue weighted by Crippen LogP contribution is 2.32. The third-order valence-corrected chi connectivity index (χ3v) is 6.77. The fourth-order valence-corrected chi connectivity index (χ4v) is 4.36. The van der Waals surface area contributed by atoms with Crippen molar-refractivity contribution in [3.63, 3.8) is 0 Å². The molecule has 0 saturated heterocycles. The largest absolute Gasteiger partial charge is 0.445 e. The van der Waals surface area contributed by atoms with Gasteiger partial charge in [-0.3, -0.25) is 9.59 Å². The van der Waals surface area contributed by atoms with Gasteiger partial charge in [-0.1, -0.05) is 61.9 Å². The summed E-state index contributed by atoms with van der Waals surface area (Å²) in [6.45, 7) is 5.73. The average molecular weight is 451 g/mol. The van der Waals surface area contributed by atoms with Crippen LogP contribution in [0.4, 0.5) is 9.93 Å². The van der Waals surface area contributed by atoms with E-state index in [9.17, 15) is 14.4 Å². The lowest BCUT2D eigenvalue weighted by Gasteiger charge is -2.22. The number of anilines is 1. The quantitative estimate of drug-likeness (QED) is 0.477. The Morgan fingerprint density at radius 1 is 1.27 bits per heavy atom. The van der Waals surface area contributed by atoms with E-state index >= 15 is 0 Å². The maximum atomic E-state index is 12.8. The summed E-state index contributed by atoms with van der Waals surface area (Å²) in [6, 6.07) is 8.53. The molecule has 1 aromatic heterocycles. The summed E-state index contributed by atoms with van der Waals surface area (Å²) in [5.74, 6) is -0.769. The molecule has 2 rings (SSSR count). The van der Waals surface area contributed by atoms with Gasteiger partial charge in [-0.25, -0.2) is 9.78 Å². The summed E-state index contributed by atoms with van der Waals surface area (Å²) < 4.78 is 6.05. The third-order valence-electron chi connectivity index (χ3n) is 4.31. The van der Waals surface area contributed by atoms with Gasteiger partial charge in [0.25, 0.3) is 0 Å². The number of aryl methyl sites for hydroxylation is 1. The van der Waals surface area contributed by atoms with Crippen LogP contribution in [0.1, 0.15) is 31.5 Å². The summed E-state index contributed by atoms with van der Waals surface area (Å²) in [5.41, 5.74) is 6.74. The topological polar surface area (TPSA) is 123 Å². The molecule has 1 heterocycles. The number of hydrogen-bond acceptors (Lipinski definition) is 7. The van der Waals surface area contributed by atoms with Gasteiger partial charge in [0.2, 0.25) is 11.8 Å². The van der Waals surface area contributed by atoms with Gasteiger partial charge in [0.05, 0.1) is 15.7 Å². The number of thiazole rings is 1. The maximum absolute atomic E-state index is 12.8. The normalized spacial score (nSPS) is 12.6. The Bertz CT molecular complexity index is 873. The summed E-state index contributed by atoms with van der Waals surface area (Å²) in [5, 5.41) is 5.81. The van der Waals surface area contributed by atoms with Crippen molar-refractivity contribution in [1.82, 2.24) is 10.3 Å². The van der Waals surface area contributed by atoms with Crippen LogP contribution >= 0.6 is 23.1 Å². The van der Waals surface area contributed by atoms with Crippen LogP contribution in [0.5, 0.6) is 0 Å². The van der Waals surface area contributed by atoms with Crippen molar-refractivity contribution < 1.29 is 19.1 Å². The van der Waals surface area contributed by atoms with E-state index in [1.807, 2.05) is 44.2 Å². The number of primary amides is 1. The van der Waals surface area contributed by atoms with Crippen molar-refractivity contribution in [2.24, 2.45) is 11.7 Å². The Morgan fingerprint density at radius 3 is 2.60 bits per heavy atom. The number of benzene rings is 1. The number of carbonyl (C=O) groups excluding carboxylic acids is 3. The van der Waals surface area contributed by atoms with Crippen LogP contribution in [0.2, 0.25) is 0 Å². The number of aromatic nitrogens is 1. The lowest BCUT2D eigenvalue weighted by atomic mass is 9.98. The van der Waals surface area contributed by atoms with Gasteiger partial charge in [0.15, 0.2) is 5.13 Å². The molecule has 2 atom stereocenters. The lowest BCUT2D eigenvalue weighted by molar-refractivity contribution is -0.119. The summed E-state index contributed by atoms with van der Waals surface area (Å²) in [6.07, 6.45) is 0.0283. The number of ether oxygens (including phenoxy) is 1. The van der Waals surface area contributed by atoms with Gasteiger partial charge in [0, 0.05) is 0 Å². The van der Waals surface area contributed by atoms with Gasteiger partial charge < -0.3 is 21.1 Å². The molecule has 0 aliphatic carbocycles. The minimum absolute atomic E-state index is 0.112. The number of rotatable bonds is 10. The first-order valence-electron chi connectivity index (χ1n) is 9.46. The molecule has 30 heavy (non-hydrogen) atoms. The highest BCUT2D eigenvalue weighted by atomic mass is 32.2. The minimum Gasteiger partial charge on any atom is -0.445 e. The van der Waals surface area contributed by atoms with E-state index in [-0.39, 0.29) is 24.2 Å². The Balaban J connectivity index is 1.98. The number of amides is 3. The Morgan fingerprint density at radius 2 is 1.97 bits per heavy atom. The average Bonchev–Trinajstić information content (AvgIpc) is 3.07. The first-order valence-corrected chi connectivity index (χ1v) is 11.3. The molecule has 162 valence electrons. The molecule has 0 unspecified atom stereocenters. The van der Waals surface area contributed by atoms with Crippen LogP contribution in [0.15, 0.2) is 34.5 Å². The number of nitrogens with two attached hydrogens (primary N) is 1. The van der Waals surface area contributed by atoms with E-state index in [1.165, 1.54) is 23.1 Å². The molecule has 0 radical (unpaired) electrons. The summed E-state index contributed by atoms with van der Waals surface area (Å²) in [7, 11) is 0. The molecule has 3 amide bonds. The number of carbonyl (C=O) groups is 3. The first-order chi connectivity index (χ1) is 14.3. The van der Waals surface area contributed by atoms with E-state index in [0.29, 0.717) is 17.2 Å². The van der Waals surface area contributed by atoms with Gasteiger partial charge >= 0.3 is 6.09 Å². The van der Waals surface area contributed by atoms with Crippen LogP contribution in [0.25, 0.3) is 0 Å². The number of nitrogens with one attached hydrogen (secondary N) is 2. The smallest absolute Gasteiger partial charge is 0.408 e. The lowest BCUT2D eigenvalue weighted by Crippen LogP contribution is -2.47. The van der Waals surface area contributed by atoms with Gasteiger partial charge in [-0.05, 0) is 18.4 Å². The van der Waals surface area contributed by atoms with Crippen molar-refractivity contribution in [2.45, 2.75) is 44.0 Å². The molecule has 0 aliphatic heterocycles. The van der Waals surface area contributed by atoms with Gasteiger partial charge in [-0.15, -0.1) is 11.8 Å². The molecule has 4 N–H and O–H groups in total. The second kappa shape index (κ2) is 11.6. The third kappa shape index (κ3) is 7.34. The van der Waals surface area contributed by atoms with Crippen molar-refractivity contribution in [2.75, 3.05) is 11.1 Å². The molecular formula is C20H26N4O4S2. The zero-order valence-electron chi connectivity index (χ0n) is 17.1. The fraction of sp³-hybridized carbons (Fsp3) is 0.400. The number of nitrogens with zero attached hydrogens (tertiary/aromatic N) is 1. The van der Waals surface area contributed by atoms with Crippen LogP contribution in [0, 0.1) is 12.8 Å². The van der Waals surface area contributed by atoms with Crippen molar-refractivity contribution >= 4 is 46.1 Å². The molecule has 10 heteroatoms. The van der Waals surface area contributed by atoms with E-state index < -0.39 is 18.0 Å². The number of thioether (sulfide) groups is 1. The molecule has 0 bridgehead atoms. The number of hydrogen-bond donors (Lipinski definition) is 3. The van der Waals surface area contributed by atoms with E-state index in [0.717, 1.165) is 9.77 Å². The SMILES string of the molecule is CC[C@H](C)[C@H](NC(=O)OCc1ccccc1)C(=O)Nc1nc(C)c(SCC(N)=O)s1. The van der Waals surface area contributed by atoms with Gasteiger partial charge in [-0.2, -0.15) is 0 Å². The summed E-state index contributed by atoms with van der Waals surface area (Å²) in [4.78, 5) is 40.3. The van der Waals surface area contributed by atoms with Gasteiger partial charge in [0.1, 0.15) is 12.6 Å². The van der Waals surface area contributed by atoms with Crippen LogP contribution in [-0.4, -0.2) is 34.7 Å². The zero-order chi connectivity index (χ0) is 22.1. The predicted molar refractivity (Wildman–Crippen MR) is 118 cm³/mol. The first kappa shape index (κ1) is 23.7. The van der Waals surface area contributed by atoms with Crippen LogP contribution in [0.3, 0.4) is 0 Å². The van der Waals surface area contributed by atoms with Crippen molar-refractivity contribution in [1.29, 1.82) is 0 Å². The number of alkyl carbamates (subject to hydrolysis) is 1. The standard InChI is InChI=1S/C20H26N4O4S2/c1-4-12(2)16(23-20(27)28-10-14-8-6-5-7-9-14)17(26)24-19-22-13(3)18(30-19)29-11-15(21)25/h5-9,12,16H,4,10-11H2,1-3H3,(H2,21,25)(H,23,27)(H,22,24,26)/t12-,16-/m0/s1. The second-order valence-corrected chi connectivity index (χ2v) is 8.95. The van der Waals surface area contributed by atoms with Crippen molar-refractivity contribution in [3.05, 3.63) is 41.6 Å². The molecule has 2 aromatic rings. The molecule has 1 aromatic carbocycles. The summed E-state index contributed by atoms with van der Waals surface area (Å²) >= 11 is 2.54. The van der Waals surface area contributed by atoms with Crippen LogP contribution in [-0.2, 0) is 20.9 Å². The Kier molecular flexibility index (Phi) is 9.13. The molecule has 8 nitrogen and oxygen atoms in total. The molecule has 0 saturated carbocycles. The highest BCUT2D eigenvalue weighted by molar-refractivity contribution is 8.01. The van der Waals surface area contributed by atoms with E-state index in [2.05, 4.69) is 15.6 Å². The molecule has 0 aliphatic rings. The zero-order valence-corrected chi connectivity index (χ0v) is 18.8. The minimum atomic E-state index is -0.774. The Hall–Kier alpha value is -2.59. The fourth-order valence-electron chi connectivity index (χ4n) is 2.48. The highest BCUT2D eigenvalue weighted by Gasteiger charge is 2.27. The predicted octanol–water partition coefficient (Wildman–Crippen LogP) is 3.31. The Labute approximate surface area is 184 Å². The maximum Gasteiger partial charge on any atom is 0.408 e. The van der Waals surface area contributed by atoms with E-state index in [4.69, 9.17) is 10.5 Å². The monoisotopic (exact) mass is 450 g/mol. The second-order valence-electron chi connectivity index (χ2n) is 6.71. The molecule has 0 spiro atoms. The molecule has 0 fully saturated rings. The molecular weight excluding hydrogens is 424 g/mol. The van der Waals surface area contributed by atoms with E-state index in [1.54, 1.807) is 6.92 Å².